The van der Waals surface area contributed by atoms with Crippen LogP contribution in [0, 0.1) is 16.7 Å². The van der Waals surface area contributed by atoms with Gasteiger partial charge in [0.15, 0.2) is 0 Å². The van der Waals surface area contributed by atoms with Crippen LogP contribution in [0.2, 0.25) is 0 Å². The topological polar surface area (TPSA) is 90.2 Å². The summed E-state index contributed by atoms with van der Waals surface area (Å²) >= 11 is 0. The average Bonchev–Trinajstić information content (AvgIpc) is 3.25. The molecule has 0 aliphatic carbocycles. The Balaban J connectivity index is 1.49. The van der Waals surface area contributed by atoms with Crippen LogP contribution >= 0.6 is 0 Å². The fraction of sp³-hybridized carbons (Fsp3) is 0.316. The van der Waals surface area contributed by atoms with E-state index in [0.29, 0.717) is 37.3 Å². The van der Waals surface area contributed by atoms with E-state index >= 15 is 0 Å². The fourth-order valence-electron chi connectivity index (χ4n) is 3.80. The summed E-state index contributed by atoms with van der Waals surface area (Å²) in [6.45, 7) is 1.74. The first-order valence-electron chi connectivity index (χ1n) is 8.46. The van der Waals surface area contributed by atoms with Crippen LogP contribution in [0.3, 0.4) is 0 Å². The zero-order chi connectivity index (χ0) is 18.1. The lowest BCUT2D eigenvalue weighted by Gasteiger charge is -2.24. The average molecular weight is 347 g/mol. The van der Waals surface area contributed by atoms with Crippen molar-refractivity contribution in [2.24, 2.45) is 5.41 Å². The number of rotatable bonds is 2. The first kappa shape index (κ1) is 16.2. The third-order valence-corrected chi connectivity index (χ3v) is 5.14. The van der Waals surface area contributed by atoms with E-state index in [1.807, 2.05) is 0 Å². The maximum atomic E-state index is 12.6. The number of nitrogens with zero attached hydrogens (tertiary/aromatic N) is 5. The van der Waals surface area contributed by atoms with Crippen molar-refractivity contribution in [1.82, 2.24) is 14.9 Å². The summed E-state index contributed by atoms with van der Waals surface area (Å²) in [4.78, 5) is 36.7. The first-order chi connectivity index (χ1) is 12.6. The van der Waals surface area contributed by atoms with Gasteiger partial charge in [0.1, 0.15) is 5.69 Å². The molecule has 26 heavy (non-hydrogen) atoms. The summed E-state index contributed by atoms with van der Waals surface area (Å²) in [5.74, 6) is -0.0808. The van der Waals surface area contributed by atoms with E-state index < -0.39 is 0 Å². The van der Waals surface area contributed by atoms with Crippen LogP contribution in [0.15, 0.2) is 42.9 Å². The third-order valence-electron chi connectivity index (χ3n) is 5.14. The lowest BCUT2D eigenvalue weighted by Crippen LogP contribution is -2.34. The molecule has 7 heteroatoms. The second kappa shape index (κ2) is 6.23. The minimum Gasteiger partial charge on any atom is -0.337 e. The van der Waals surface area contributed by atoms with Crippen LogP contribution in [0.25, 0.3) is 0 Å². The van der Waals surface area contributed by atoms with Crippen molar-refractivity contribution >= 4 is 17.5 Å². The molecule has 0 radical (unpaired) electrons. The molecule has 2 aliphatic rings. The fourth-order valence-corrected chi connectivity index (χ4v) is 3.80. The number of benzene rings is 1. The minimum absolute atomic E-state index is 0.0588. The van der Waals surface area contributed by atoms with E-state index in [9.17, 15) is 9.59 Å². The van der Waals surface area contributed by atoms with E-state index in [0.717, 1.165) is 12.1 Å². The van der Waals surface area contributed by atoms with Gasteiger partial charge in [-0.3, -0.25) is 14.6 Å². The molecule has 2 aliphatic heterocycles. The Morgan fingerprint density at radius 2 is 2.00 bits per heavy atom. The van der Waals surface area contributed by atoms with E-state index in [2.05, 4.69) is 16.0 Å². The lowest BCUT2D eigenvalue weighted by molar-refractivity contribution is -0.117. The van der Waals surface area contributed by atoms with Gasteiger partial charge in [0.2, 0.25) is 5.91 Å². The van der Waals surface area contributed by atoms with Gasteiger partial charge in [-0.25, -0.2) is 4.98 Å². The zero-order valence-corrected chi connectivity index (χ0v) is 14.1. The second-order valence-electron chi connectivity index (χ2n) is 6.88. The highest BCUT2D eigenvalue weighted by atomic mass is 16.2. The molecule has 3 heterocycles. The van der Waals surface area contributed by atoms with Crippen molar-refractivity contribution in [3.8, 4) is 6.07 Å². The molecule has 1 aromatic carbocycles. The maximum Gasteiger partial charge on any atom is 0.274 e. The summed E-state index contributed by atoms with van der Waals surface area (Å²) in [7, 11) is 0. The zero-order valence-electron chi connectivity index (χ0n) is 14.1. The van der Waals surface area contributed by atoms with E-state index in [1.54, 1.807) is 34.1 Å². The van der Waals surface area contributed by atoms with Crippen molar-refractivity contribution < 1.29 is 9.59 Å². The van der Waals surface area contributed by atoms with Gasteiger partial charge in [-0.1, -0.05) is 0 Å². The molecule has 7 nitrogen and oxygen atoms in total. The van der Waals surface area contributed by atoms with Crippen LogP contribution < -0.4 is 4.90 Å². The van der Waals surface area contributed by atoms with Crippen LogP contribution in [0.5, 0.6) is 0 Å². The molecule has 0 N–H and O–H groups in total. The van der Waals surface area contributed by atoms with Gasteiger partial charge >= 0.3 is 0 Å². The second-order valence-corrected chi connectivity index (χ2v) is 6.88. The molecule has 0 saturated carbocycles. The predicted octanol–water partition coefficient (Wildman–Crippen LogP) is 1.62. The normalized spacial score (nSPS) is 22.0. The van der Waals surface area contributed by atoms with Gasteiger partial charge in [-0.15, -0.1) is 0 Å². The van der Waals surface area contributed by atoms with E-state index in [1.165, 1.54) is 18.6 Å². The summed E-state index contributed by atoms with van der Waals surface area (Å²) in [5, 5.41) is 8.91. The highest BCUT2D eigenvalue weighted by molar-refractivity contribution is 5.97. The van der Waals surface area contributed by atoms with Gasteiger partial charge < -0.3 is 9.80 Å². The largest absolute Gasteiger partial charge is 0.337 e. The molecule has 4 rings (SSSR count). The Bertz CT molecular complexity index is 890. The van der Waals surface area contributed by atoms with Gasteiger partial charge in [0.05, 0.1) is 17.8 Å². The summed E-state index contributed by atoms with van der Waals surface area (Å²) in [6, 6.07) is 9.11. The molecule has 1 aromatic heterocycles. The monoisotopic (exact) mass is 347 g/mol. The Kier molecular flexibility index (Phi) is 3.88. The predicted molar refractivity (Wildman–Crippen MR) is 93.1 cm³/mol. The van der Waals surface area contributed by atoms with Gasteiger partial charge in [-0.05, 0) is 30.7 Å². The number of aromatic nitrogens is 2. The number of likely N-dealkylation sites (tertiary alicyclic amines) is 1. The molecule has 0 bridgehead atoms. The highest BCUT2D eigenvalue weighted by Gasteiger charge is 2.49. The number of hydrogen-bond donors (Lipinski definition) is 0. The number of anilines is 1. The van der Waals surface area contributed by atoms with Crippen molar-refractivity contribution in [1.29, 1.82) is 5.26 Å². The Hall–Kier alpha value is -3.27. The number of carbonyl (C=O) groups excluding carboxylic acids is 2. The summed E-state index contributed by atoms with van der Waals surface area (Å²) in [5.41, 5.74) is 1.47. The molecule has 2 aromatic rings. The van der Waals surface area contributed by atoms with Crippen molar-refractivity contribution in [3.63, 3.8) is 0 Å². The Morgan fingerprint density at radius 1 is 1.19 bits per heavy atom. The van der Waals surface area contributed by atoms with Gasteiger partial charge in [0.25, 0.3) is 5.91 Å². The van der Waals surface area contributed by atoms with E-state index in [4.69, 9.17) is 5.26 Å². The molecular formula is C19H17N5O2. The molecule has 1 unspecified atom stereocenters. The summed E-state index contributed by atoms with van der Waals surface area (Å²) in [6.07, 6.45) is 5.73. The van der Waals surface area contributed by atoms with Crippen molar-refractivity contribution in [3.05, 3.63) is 54.1 Å². The minimum atomic E-state index is -0.219. The molecule has 2 saturated heterocycles. The molecular weight excluding hydrogens is 330 g/mol. The third kappa shape index (κ3) is 2.80. The molecule has 1 atom stereocenters. The van der Waals surface area contributed by atoms with Crippen LogP contribution in [-0.2, 0) is 4.79 Å². The van der Waals surface area contributed by atoms with Crippen molar-refractivity contribution in [2.45, 2.75) is 12.8 Å². The molecule has 2 fully saturated rings. The number of nitriles is 1. The van der Waals surface area contributed by atoms with Gasteiger partial charge in [-0.2, -0.15) is 5.26 Å². The SMILES string of the molecule is N#Cc1ccc(N2CC3(CCN(C(=O)c4cnccn4)C3)CC2=O)cc1. The number of hydrogen-bond acceptors (Lipinski definition) is 5. The molecule has 1 spiro atoms. The number of amides is 2. The van der Waals surface area contributed by atoms with E-state index in [-0.39, 0.29) is 17.2 Å². The van der Waals surface area contributed by atoms with Crippen molar-refractivity contribution in [2.75, 3.05) is 24.5 Å². The quantitative estimate of drug-likeness (QED) is 0.823. The maximum absolute atomic E-state index is 12.6. The Labute approximate surface area is 150 Å². The first-order valence-corrected chi connectivity index (χ1v) is 8.46. The lowest BCUT2D eigenvalue weighted by atomic mass is 9.86. The summed E-state index contributed by atoms with van der Waals surface area (Å²) < 4.78 is 0. The van der Waals surface area contributed by atoms with Crippen LogP contribution in [-0.4, -0.2) is 46.3 Å². The van der Waals surface area contributed by atoms with Crippen LogP contribution in [0.4, 0.5) is 5.69 Å². The van der Waals surface area contributed by atoms with Crippen LogP contribution in [0.1, 0.15) is 28.9 Å². The number of carbonyl (C=O) groups is 2. The Morgan fingerprint density at radius 3 is 2.69 bits per heavy atom. The van der Waals surface area contributed by atoms with Gasteiger partial charge in [0, 0.05) is 49.6 Å². The standard InChI is InChI=1S/C19H17N5O2/c20-10-14-1-3-15(4-2-14)24-13-19(9-17(24)25)5-8-23(12-19)18(26)16-11-21-6-7-22-16/h1-4,6-7,11H,5,8-9,12-13H2. The molecule has 2 amide bonds. The molecule has 130 valence electrons. The smallest absolute Gasteiger partial charge is 0.274 e. The highest BCUT2D eigenvalue weighted by Crippen LogP contribution is 2.42.